The van der Waals surface area contributed by atoms with E-state index >= 15 is 0 Å². The molecule has 0 heterocycles. The Morgan fingerprint density at radius 2 is 1.95 bits per heavy atom. The average molecular weight is 280 g/mol. The lowest BCUT2D eigenvalue weighted by molar-refractivity contribution is -0.385. The van der Waals surface area contributed by atoms with Gasteiger partial charge in [-0.3, -0.25) is 14.9 Å². The normalized spacial score (nSPS) is 10.2. The Morgan fingerprint density at radius 1 is 1.21 bits per heavy atom. The third-order valence-corrected chi connectivity index (χ3v) is 2.83. The van der Waals surface area contributed by atoms with Crippen molar-refractivity contribution >= 4 is 23.6 Å². The van der Waals surface area contributed by atoms with Gasteiger partial charge in [0.25, 0.3) is 5.69 Å². The van der Waals surface area contributed by atoms with Crippen LogP contribution in [0.1, 0.15) is 10.4 Å². The topological polar surface area (TPSA) is 60.2 Å². The fourth-order valence-corrected chi connectivity index (χ4v) is 1.86. The van der Waals surface area contributed by atoms with Gasteiger partial charge in [-0.1, -0.05) is 17.7 Å². The van der Waals surface area contributed by atoms with Gasteiger partial charge in [0, 0.05) is 16.7 Å². The van der Waals surface area contributed by atoms with Gasteiger partial charge in [-0.15, -0.1) is 0 Å². The first-order valence-corrected chi connectivity index (χ1v) is 5.60. The molecule has 0 aromatic heterocycles. The van der Waals surface area contributed by atoms with Crippen molar-refractivity contribution in [2.45, 2.75) is 0 Å². The summed E-state index contributed by atoms with van der Waals surface area (Å²) in [7, 11) is 0. The van der Waals surface area contributed by atoms with Crippen LogP contribution in [0.3, 0.4) is 0 Å². The van der Waals surface area contributed by atoms with Crippen LogP contribution in [0, 0.1) is 15.9 Å². The number of nitro benzene ring substituents is 1. The van der Waals surface area contributed by atoms with Crippen molar-refractivity contribution in [2.75, 3.05) is 0 Å². The Bertz CT molecular complexity index is 673. The summed E-state index contributed by atoms with van der Waals surface area (Å²) in [4.78, 5) is 20.9. The summed E-state index contributed by atoms with van der Waals surface area (Å²) in [5.41, 5.74) is 0.00779. The number of nitro groups is 1. The van der Waals surface area contributed by atoms with Gasteiger partial charge < -0.3 is 0 Å². The van der Waals surface area contributed by atoms with Crippen molar-refractivity contribution in [2.24, 2.45) is 0 Å². The first-order chi connectivity index (χ1) is 9.02. The number of hydrogen-bond donors (Lipinski definition) is 0. The number of nitrogens with zero attached hydrogens (tertiary/aromatic N) is 1. The van der Waals surface area contributed by atoms with Crippen LogP contribution in [0.4, 0.5) is 10.1 Å². The summed E-state index contributed by atoms with van der Waals surface area (Å²) in [5.74, 6) is -0.544. The van der Waals surface area contributed by atoms with Crippen molar-refractivity contribution in [3.63, 3.8) is 0 Å². The lowest BCUT2D eigenvalue weighted by Crippen LogP contribution is -1.95. The maximum atomic E-state index is 13.7. The third kappa shape index (κ3) is 2.61. The van der Waals surface area contributed by atoms with Crippen LogP contribution < -0.4 is 0 Å². The second-order valence-electron chi connectivity index (χ2n) is 3.77. The summed E-state index contributed by atoms with van der Waals surface area (Å²) in [6, 6.07) is 7.80. The molecule has 0 saturated carbocycles. The molecule has 0 aliphatic heterocycles. The third-order valence-electron chi connectivity index (χ3n) is 2.59. The van der Waals surface area contributed by atoms with Crippen LogP contribution in [0.2, 0.25) is 5.02 Å². The minimum atomic E-state index is -0.685. The number of carbonyl (C=O) groups excluding carboxylic acids is 1. The SMILES string of the molecule is O=Cc1ccc(-c2cc(Cl)ccc2F)cc1[N+](=O)[O-]. The smallest absolute Gasteiger partial charge is 0.280 e. The highest BCUT2D eigenvalue weighted by Crippen LogP contribution is 2.30. The van der Waals surface area contributed by atoms with Crippen molar-refractivity contribution in [3.8, 4) is 11.1 Å². The number of aldehydes is 1. The van der Waals surface area contributed by atoms with Crippen LogP contribution >= 0.6 is 11.6 Å². The van der Waals surface area contributed by atoms with E-state index in [2.05, 4.69) is 0 Å². The maximum absolute atomic E-state index is 13.7. The summed E-state index contributed by atoms with van der Waals surface area (Å²) in [6.45, 7) is 0. The monoisotopic (exact) mass is 279 g/mol. The van der Waals surface area contributed by atoms with Gasteiger partial charge in [0.15, 0.2) is 6.29 Å². The zero-order valence-electron chi connectivity index (χ0n) is 9.47. The predicted octanol–water partition coefficient (Wildman–Crippen LogP) is 3.87. The molecule has 96 valence electrons. The van der Waals surface area contributed by atoms with E-state index in [0.717, 1.165) is 6.07 Å². The molecule has 19 heavy (non-hydrogen) atoms. The van der Waals surface area contributed by atoms with E-state index in [1.807, 2.05) is 0 Å². The molecule has 0 bridgehead atoms. The summed E-state index contributed by atoms with van der Waals surface area (Å²) in [6.07, 6.45) is 0.385. The van der Waals surface area contributed by atoms with E-state index in [4.69, 9.17) is 11.6 Å². The quantitative estimate of drug-likeness (QED) is 0.487. The van der Waals surface area contributed by atoms with E-state index in [0.29, 0.717) is 11.3 Å². The summed E-state index contributed by atoms with van der Waals surface area (Å²) >= 11 is 5.77. The predicted molar refractivity (Wildman–Crippen MR) is 68.9 cm³/mol. The van der Waals surface area contributed by atoms with E-state index in [-0.39, 0.29) is 22.4 Å². The lowest BCUT2D eigenvalue weighted by atomic mass is 10.0. The van der Waals surface area contributed by atoms with Crippen molar-refractivity contribution in [1.82, 2.24) is 0 Å². The molecular weight excluding hydrogens is 273 g/mol. The first-order valence-electron chi connectivity index (χ1n) is 5.22. The Balaban J connectivity index is 2.63. The van der Waals surface area contributed by atoms with Crippen molar-refractivity contribution in [3.05, 3.63) is 62.9 Å². The molecule has 0 aliphatic rings. The van der Waals surface area contributed by atoms with E-state index in [1.54, 1.807) is 0 Å². The molecule has 0 radical (unpaired) electrons. The Labute approximate surface area is 112 Å². The number of halogens is 2. The van der Waals surface area contributed by atoms with Crippen LogP contribution in [-0.2, 0) is 0 Å². The molecule has 0 unspecified atom stereocenters. The van der Waals surface area contributed by atoms with Crippen molar-refractivity contribution < 1.29 is 14.1 Å². The van der Waals surface area contributed by atoms with Crippen LogP contribution in [0.5, 0.6) is 0 Å². The molecule has 0 fully saturated rings. The molecule has 0 spiro atoms. The number of rotatable bonds is 3. The minimum Gasteiger partial charge on any atom is -0.298 e. The number of benzene rings is 2. The highest BCUT2D eigenvalue weighted by Gasteiger charge is 2.16. The first kappa shape index (κ1) is 13.2. The van der Waals surface area contributed by atoms with Gasteiger partial charge >= 0.3 is 0 Å². The molecule has 0 N–H and O–H groups in total. The maximum Gasteiger partial charge on any atom is 0.280 e. The Kier molecular flexibility index (Phi) is 3.57. The highest BCUT2D eigenvalue weighted by molar-refractivity contribution is 6.30. The molecule has 4 nitrogen and oxygen atoms in total. The van der Waals surface area contributed by atoms with Gasteiger partial charge in [-0.25, -0.2) is 4.39 Å². The van der Waals surface area contributed by atoms with Gasteiger partial charge in [0.1, 0.15) is 5.82 Å². The molecular formula is C13H7ClFNO3. The van der Waals surface area contributed by atoms with Gasteiger partial charge in [0.05, 0.1) is 10.5 Å². The second kappa shape index (κ2) is 5.16. The second-order valence-corrected chi connectivity index (χ2v) is 4.21. The Morgan fingerprint density at radius 3 is 2.58 bits per heavy atom. The lowest BCUT2D eigenvalue weighted by Gasteiger charge is -2.05. The van der Waals surface area contributed by atoms with Gasteiger partial charge in [-0.2, -0.15) is 0 Å². The molecule has 2 aromatic rings. The largest absolute Gasteiger partial charge is 0.298 e. The summed E-state index contributed by atoms with van der Waals surface area (Å²) in [5, 5.41) is 11.2. The molecule has 0 atom stereocenters. The fourth-order valence-electron chi connectivity index (χ4n) is 1.69. The highest BCUT2D eigenvalue weighted by atomic mass is 35.5. The van der Waals surface area contributed by atoms with Gasteiger partial charge in [-0.05, 0) is 29.8 Å². The average Bonchev–Trinajstić information content (AvgIpc) is 2.40. The molecule has 2 aromatic carbocycles. The number of carbonyl (C=O) groups is 1. The standard InChI is InChI=1S/C13H7ClFNO3/c14-10-3-4-12(15)11(6-10)8-1-2-9(7-17)13(5-8)16(18)19/h1-7H. The minimum absolute atomic E-state index is 0.0591. The van der Waals surface area contributed by atoms with Crippen molar-refractivity contribution in [1.29, 1.82) is 0 Å². The van der Waals surface area contributed by atoms with Crippen LogP contribution in [-0.4, -0.2) is 11.2 Å². The zero-order chi connectivity index (χ0) is 14.0. The fraction of sp³-hybridized carbons (Fsp3) is 0. The van der Waals surface area contributed by atoms with E-state index in [1.165, 1.54) is 30.3 Å². The molecule has 0 aliphatic carbocycles. The van der Waals surface area contributed by atoms with Crippen LogP contribution in [0.25, 0.3) is 11.1 Å². The zero-order valence-corrected chi connectivity index (χ0v) is 10.2. The molecule has 6 heteroatoms. The molecule has 0 saturated heterocycles. The van der Waals surface area contributed by atoms with E-state index < -0.39 is 10.7 Å². The number of hydrogen-bond acceptors (Lipinski definition) is 3. The van der Waals surface area contributed by atoms with Gasteiger partial charge in [0.2, 0.25) is 0 Å². The Hall–Kier alpha value is -2.27. The van der Waals surface area contributed by atoms with E-state index in [9.17, 15) is 19.3 Å². The van der Waals surface area contributed by atoms with Crippen LogP contribution in [0.15, 0.2) is 36.4 Å². The summed E-state index contributed by atoms with van der Waals surface area (Å²) < 4.78 is 13.7. The molecule has 0 amide bonds. The molecule has 2 rings (SSSR count).